The summed E-state index contributed by atoms with van der Waals surface area (Å²) in [6.45, 7) is 0. The maximum atomic E-state index is 13.8. The quantitative estimate of drug-likeness (QED) is 0.530. The van der Waals surface area contributed by atoms with Crippen molar-refractivity contribution in [2.45, 2.75) is 48.1 Å². The summed E-state index contributed by atoms with van der Waals surface area (Å²) in [5.41, 5.74) is -1.52. The number of nitrogens with one attached hydrogen (secondary N) is 2. The third kappa shape index (κ3) is 6.27. The average Bonchev–Trinajstić information content (AvgIpc) is 3.54. The second-order valence-electron chi connectivity index (χ2n) is 7.70. The number of carbonyl (C=O) groups is 1. The molecule has 0 saturated heterocycles. The zero-order chi connectivity index (χ0) is 24.3. The van der Waals surface area contributed by atoms with Crippen molar-refractivity contribution in [3.63, 3.8) is 0 Å². The fourth-order valence-electron chi connectivity index (χ4n) is 3.15. The van der Waals surface area contributed by atoms with E-state index in [1.54, 1.807) is 0 Å². The molecule has 1 aliphatic rings. The van der Waals surface area contributed by atoms with E-state index in [1.165, 1.54) is 24.4 Å². The van der Waals surface area contributed by atoms with Crippen LogP contribution in [0.2, 0.25) is 0 Å². The van der Waals surface area contributed by atoms with Crippen molar-refractivity contribution in [2.24, 2.45) is 0 Å². The first kappa shape index (κ1) is 24.6. The van der Waals surface area contributed by atoms with Gasteiger partial charge in [0.1, 0.15) is 17.4 Å². The highest BCUT2D eigenvalue weighted by atomic mass is 32.2. The van der Waals surface area contributed by atoms with Gasteiger partial charge in [0.15, 0.2) is 14.9 Å². The molecular weight excluding hydrogens is 464 g/mol. The Bertz CT molecular complexity index is 1130. The minimum Gasteiger partial charge on any atom is -0.336 e. The second kappa shape index (κ2) is 9.44. The van der Waals surface area contributed by atoms with Gasteiger partial charge in [-0.05, 0) is 49.1 Å². The van der Waals surface area contributed by atoms with E-state index in [4.69, 9.17) is 0 Å². The number of halogens is 4. The number of carbonyl (C=O) groups excluding carboxylic acids is 1. The van der Waals surface area contributed by atoms with Crippen molar-refractivity contribution in [2.75, 3.05) is 5.75 Å². The van der Waals surface area contributed by atoms with E-state index in [-0.39, 0.29) is 10.6 Å². The predicted octanol–water partition coefficient (Wildman–Crippen LogP) is 2.82. The van der Waals surface area contributed by atoms with Gasteiger partial charge >= 0.3 is 6.18 Å². The van der Waals surface area contributed by atoms with E-state index in [9.17, 15) is 36.0 Å². The van der Waals surface area contributed by atoms with Crippen LogP contribution in [0.25, 0.3) is 0 Å². The highest BCUT2D eigenvalue weighted by Gasteiger charge is 2.47. The number of nitriles is 1. The fraction of sp³-hybridized carbons (Fsp3) is 0.381. The van der Waals surface area contributed by atoms with Crippen molar-refractivity contribution in [1.82, 2.24) is 15.6 Å². The molecule has 0 radical (unpaired) electrons. The van der Waals surface area contributed by atoms with Gasteiger partial charge < -0.3 is 5.32 Å². The summed E-state index contributed by atoms with van der Waals surface area (Å²) in [5.74, 6) is -2.33. The minimum absolute atomic E-state index is 0.272. The number of hydrogen-bond donors (Lipinski definition) is 2. The first-order valence-electron chi connectivity index (χ1n) is 9.91. The highest BCUT2D eigenvalue weighted by Crippen LogP contribution is 2.36. The fourth-order valence-corrected chi connectivity index (χ4v) is 4.41. The molecule has 1 aromatic carbocycles. The third-order valence-corrected chi connectivity index (χ3v) is 6.83. The molecule has 1 aromatic heterocycles. The van der Waals surface area contributed by atoms with Crippen LogP contribution in [0.5, 0.6) is 0 Å². The SMILES string of the molecule is N#CC1(NC(=O)[C@@H](CCS(=O)(=O)c2ccccn2)N[C@@H](c2ccc(F)cc2)C(F)(F)F)CC1. The van der Waals surface area contributed by atoms with Crippen LogP contribution in [0.4, 0.5) is 17.6 Å². The van der Waals surface area contributed by atoms with Crippen LogP contribution in [0.3, 0.4) is 0 Å². The lowest BCUT2D eigenvalue weighted by Gasteiger charge is -2.28. The highest BCUT2D eigenvalue weighted by molar-refractivity contribution is 7.91. The van der Waals surface area contributed by atoms with Gasteiger partial charge in [0.2, 0.25) is 5.91 Å². The van der Waals surface area contributed by atoms with Gasteiger partial charge in [-0.2, -0.15) is 18.4 Å². The number of benzene rings is 1. The Hall–Kier alpha value is -3.04. The Morgan fingerprint density at radius 2 is 1.85 bits per heavy atom. The van der Waals surface area contributed by atoms with Crippen LogP contribution in [0, 0.1) is 17.1 Å². The van der Waals surface area contributed by atoms with E-state index in [0.29, 0.717) is 12.8 Å². The zero-order valence-corrected chi connectivity index (χ0v) is 18.0. The van der Waals surface area contributed by atoms with Crippen molar-refractivity contribution >= 4 is 15.7 Å². The number of alkyl halides is 3. The van der Waals surface area contributed by atoms with Gasteiger partial charge in [-0.3, -0.25) is 10.1 Å². The number of rotatable bonds is 9. The Morgan fingerprint density at radius 1 is 1.18 bits per heavy atom. The number of nitrogens with zero attached hydrogens (tertiary/aromatic N) is 2. The lowest BCUT2D eigenvalue weighted by atomic mass is 10.0. The monoisotopic (exact) mass is 484 g/mol. The maximum absolute atomic E-state index is 13.8. The molecule has 1 heterocycles. The van der Waals surface area contributed by atoms with Crippen molar-refractivity contribution in [1.29, 1.82) is 5.26 Å². The minimum atomic E-state index is -4.87. The number of amides is 1. The molecule has 0 bridgehead atoms. The second-order valence-corrected chi connectivity index (χ2v) is 9.76. The average molecular weight is 484 g/mol. The van der Waals surface area contributed by atoms with Gasteiger partial charge in [-0.1, -0.05) is 18.2 Å². The van der Waals surface area contributed by atoms with Crippen molar-refractivity contribution < 1.29 is 30.8 Å². The molecule has 1 saturated carbocycles. The zero-order valence-electron chi connectivity index (χ0n) is 17.1. The topological polar surface area (TPSA) is 112 Å². The molecule has 33 heavy (non-hydrogen) atoms. The molecule has 0 spiro atoms. The van der Waals surface area contributed by atoms with Crippen LogP contribution in [0.15, 0.2) is 53.7 Å². The van der Waals surface area contributed by atoms with E-state index >= 15 is 0 Å². The van der Waals surface area contributed by atoms with Gasteiger partial charge in [-0.25, -0.2) is 17.8 Å². The lowest BCUT2D eigenvalue weighted by molar-refractivity contribution is -0.161. The summed E-state index contributed by atoms with van der Waals surface area (Å²) in [7, 11) is -3.99. The van der Waals surface area contributed by atoms with E-state index < -0.39 is 57.5 Å². The van der Waals surface area contributed by atoms with Crippen LogP contribution in [-0.2, 0) is 14.6 Å². The molecule has 7 nitrogen and oxygen atoms in total. The van der Waals surface area contributed by atoms with Crippen molar-refractivity contribution in [3.05, 3.63) is 60.0 Å². The molecule has 1 fully saturated rings. The Balaban J connectivity index is 1.86. The van der Waals surface area contributed by atoms with E-state index in [0.717, 1.165) is 24.3 Å². The molecular formula is C21H20F4N4O3S. The van der Waals surface area contributed by atoms with E-state index in [1.807, 2.05) is 6.07 Å². The molecule has 3 rings (SSSR count). The maximum Gasteiger partial charge on any atom is 0.407 e. The largest absolute Gasteiger partial charge is 0.407 e. The van der Waals surface area contributed by atoms with Gasteiger partial charge in [-0.15, -0.1) is 0 Å². The summed E-state index contributed by atoms with van der Waals surface area (Å²) >= 11 is 0. The van der Waals surface area contributed by atoms with Gasteiger partial charge in [0, 0.05) is 6.20 Å². The molecule has 0 aliphatic heterocycles. The molecule has 2 atom stereocenters. The smallest absolute Gasteiger partial charge is 0.336 e. The first-order chi connectivity index (χ1) is 15.5. The number of sulfone groups is 1. The first-order valence-corrected chi connectivity index (χ1v) is 11.6. The Labute approximate surface area is 187 Å². The molecule has 0 unspecified atom stereocenters. The standard InChI is InChI=1S/C21H20F4N4O3S/c22-15-6-4-14(5-7-15)18(21(23,24)25)28-16(19(30)29-20(13-26)9-10-20)8-12-33(31,32)17-3-1-2-11-27-17/h1-7,11,16,18,28H,8-10,12H2,(H,29,30)/t16-,18+/m1/s1. The van der Waals surface area contributed by atoms with Crippen LogP contribution in [-0.4, -0.2) is 42.8 Å². The van der Waals surface area contributed by atoms with Crippen LogP contribution < -0.4 is 10.6 Å². The van der Waals surface area contributed by atoms with E-state index in [2.05, 4.69) is 15.6 Å². The normalized spacial score (nSPS) is 16.9. The number of hydrogen-bond acceptors (Lipinski definition) is 6. The summed E-state index contributed by atoms with van der Waals surface area (Å²) in [6.07, 6.45) is -3.44. The summed E-state index contributed by atoms with van der Waals surface area (Å²) in [4.78, 5) is 16.5. The number of aromatic nitrogens is 1. The summed E-state index contributed by atoms with van der Waals surface area (Å²) in [6, 6.07) is 5.68. The molecule has 12 heteroatoms. The summed E-state index contributed by atoms with van der Waals surface area (Å²) in [5, 5.41) is 13.5. The van der Waals surface area contributed by atoms with Crippen LogP contribution >= 0.6 is 0 Å². The van der Waals surface area contributed by atoms with Gasteiger partial charge in [0.05, 0.1) is 17.9 Å². The molecule has 176 valence electrons. The molecule has 1 amide bonds. The molecule has 2 N–H and O–H groups in total. The lowest BCUT2D eigenvalue weighted by Crippen LogP contribution is -2.52. The van der Waals surface area contributed by atoms with Gasteiger partial charge in [0.25, 0.3) is 0 Å². The molecule has 2 aromatic rings. The molecule has 1 aliphatic carbocycles. The van der Waals surface area contributed by atoms with Crippen molar-refractivity contribution in [3.8, 4) is 6.07 Å². The Morgan fingerprint density at radius 3 is 2.36 bits per heavy atom. The summed E-state index contributed by atoms with van der Waals surface area (Å²) < 4.78 is 79.8. The predicted molar refractivity (Wildman–Crippen MR) is 109 cm³/mol. The van der Waals surface area contributed by atoms with Crippen LogP contribution in [0.1, 0.15) is 30.9 Å². The third-order valence-electron chi connectivity index (χ3n) is 5.17. The number of pyridine rings is 1. The Kier molecular flexibility index (Phi) is 7.04.